The van der Waals surface area contributed by atoms with Crippen molar-refractivity contribution in [2.45, 2.75) is 62.6 Å². The zero-order valence-electron chi connectivity index (χ0n) is 20.9. The lowest BCUT2D eigenvalue weighted by molar-refractivity contribution is -0.143. The van der Waals surface area contributed by atoms with E-state index in [-0.39, 0.29) is 23.3 Å². The Kier molecular flexibility index (Phi) is 9.17. The molecule has 1 aliphatic rings. The van der Waals surface area contributed by atoms with Crippen molar-refractivity contribution in [2.24, 2.45) is 0 Å². The number of thiocarbonyl (C=S) groups is 1. The molecule has 3 nitrogen and oxygen atoms in total. The Morgan fingerprint density at radius 1 is 0.692 bits per heavy atom. The summed E-state index contributed by atoms with van der Waals surface area (Å²) >= 11 is 5.45. The van der Waals surface area contributed by atoms with E-state index >= 15 is 0 Å². The maximum absolute atomic E-state index is 13.4. The van der Waals surface area contributed by atoms with Gasteiger partial charge in [0.25, 0.3) is 0 Å². The van der Waals surface area contributed by atoms with Crippen molar-refractivity contribution < 1.29 is 26.3 Å². The first kappa shape index (κ1) is 28.9. The highest BCUT2D eigenvalue weighted by atomic mass is 32.1. The van der Waals surface area contributed by atoms with E-state index in [1.165, 1.54) is 6.42 Å². The second kappa shape index (κ2) is 12.4. The molecule has 3 N–H and O–H groups in total. The second-order valence-electron chi connectivity index (χ2n) is 9.67. The van der Waals surface area contributed by atoms with E-state index in [9.17, 15) is 26.3 Å². The summed E-state index contributed by atoms with van der Waals surface area (Å²) in [5.41, 5.74) is -1.39. The zero-order chi connectivity index (χ0) is 28.0. The van der Waals surface area contributed by atoms with E-state index in [1.807, 2.05) is 60.7 Å². The quantitative estimate of drug-likeness (QED) is 0.199. The fourth-order valence-corrected chi connectivity index (χ4v) is 5.17. The number of rotatable bonds is 7. The van der Waals surface area contributed by atoms with Crippen molar-refractivity contribution in [3.63, 3.8) is 0 Å². The summed E-state index contributed by atoms with van der Waals surface area (Å²) in [6, 6.07) is 20.0. The van der Waals surface area contributed by atoms with Crippen LogP contribution in [0.1, 0.15) is 66.4 Å². The molecule has 2 atom stereocenters. The van der Waals surface area contributed by atoms with Crippen molar-refractivity contribution in [1.82, 2.24) is 10.6 Å². The van der Waals surface area contributed by atoms with Gasteiger partial charge in [-0.05, 0) is 54.4 Å². The van der Waals surface area contributed by atoms with Gasteiger partial charge in [0.05, 0.1) is 23.2 Å². The Balaban J connectivity index is 1.66. The van der Waals surface area contributed by atoms with Crippen LogP contribution in [0.25, 0.3) is 0 Å². The fraction of sp³-hybridized carbons (Fsp3) is 0.345. The first-order valence-electron chi connectivity index (χ1n) is 12.7. The van der Waals surface area contributed by atoms with Gasteiger partial charge in [-0.3, -0.25) is 0 Å². The number of anilines is 1. The molecule has 0 saturated heterocycles. The topological polar surface area (TPSA) is 36.1 Å². The smallest absolute Gasteiger partial charge is 0.354 e. The van der Waals surface area contributed by atoms with Crippen LogP contribution < -0.4 is 16.0 Å². The van der Waals surface area contributed by atoms with Gasteiger partial charge in [0.1, 0.15) is 0 Å². The van der Waals surface area contributed by atoms with Gasteiger partial charge in [-0.2, -0.15) is 26.3 Å². The van der Waals surface area contributed by atoms with Crippen LogP contribution in [0.4, 0.5) is 32.0 Å². The van der Waals surface area contributed by atoms with E-state index in [1.54, 1.807) is 0 Å². The Bertz CT molecular complexity index is 1190. The summed E-state index contributed by atoms with van der Waals surface area (Å²) in [6.07, 6.45) is -4.49. The second-order valence-corrected chi connectivity index (χ2v) is 10.1. The highest BCUT2D eigenvalue weighted by Gasteiger charge is 2.37. The highest BCUT2D eigenvalue weighted by molar-refractivity contribution is 7.80. The first-order valence-corrected chi connectivity index (χ1v) is 13.1. The Morgan fingerprint density at radius 2 is 1.18 bits per heavy atom. The van der Waals surface area contributed by atoms with Crippen LogP contribution in [0.5, 0.6) is 0 Å². The molecule has 10 heteroatoms. The molecule has 0 amide bonds. The van der Waals surface area contributed by atoms with Gasteiger partial charge in [-0.15, -0.1) is 0 Å². The third-order valence-corrected chi connectivity index (χ3v) is 7.02. The molecule has 0 aromatic heterocycles. The molecule has 1 saturated carbocycles. The molecule has 0 spiro atoms. The summed E-state index contributed by atoms with van der Waals surface area (Å²) in [6.45, 7) is 0. The maximum Gasteiger partial charge on any atom is 0.416 e. The highest BCUT2D eigenvalue weighted by Crippen LogP contribution is 2.38. The predicted molar refractivity (Wildman–Crippen MR) is 144 cm³/mol. The Hall–Kier alpha value is -3.11. The molecule has 0 bridgehead atoms. The van der Waals surface area contributed by atoms with Gasteiger partial charge in [-0.25, -0.2) is 0 Å². The van der Waals surface area contributed by atoms with Crippen LogP contribution in [-0.2, 0) is 12.4 Å². The van der Waals surface area contributed by atoms with Gasteiger partial charge in [-0.1, -0.05) is 79.9 Å². The van der Waals surface area contributed by atoms with Crippen molar-refractivity contribution in [3.05, 3.63) is 101 Å². The van der Waals surface area contributed by atoms with Crippen LogP contribution in [0.3, 0.4) is 0 Å². The van der Waals surface area contributed by atoms with E-state index in [0.717, 1.165) is 36.8 Å². The lowest BCUT2D eigenvalue weighted by Crippen LogP contribution is -2.44. The van der Waals surface area contributed by atoms with E-state index in [4.69, 9.17) is 12.2 Å². The van der Waals surface area contributed by atoms with Crippen LogP contribution in [0.15, 0.2) is 78.9 Å². The normalized spacial score (nSPS) is 16.4. The molecule has 0 unspecified atom stereocenters. The molecule has 0 heterocycles. The Morgan fingerprint density at radius 3 is 1.67 bits per heavy atom. The number of hydrogen-bond acceptors (Lipinski definition) is 2. The molecule has 4 rings (SSSR count). The molecule has 0 radical (unpaired) electrons. The fourth-order valence-electron chi connectivity index (χ4n) is 4.92. The average molecular weight is 566 g/mol. The van der Waals surface area contributed by atoms with Gasteiger partial charge in [0, 0.05) is 11.7 Å². The van der Waals surface area contributed by atoms with Crippen molar-refractivity contribution in [2.75, 3.05) is 5.32 Å². The van der Waals surface area contributed by atoms with Gasteiger partial charge in [0.2, 0.25) is 0 Å². The number of alkyl halides is 6. The number of nitrogens with one attached hydrogen (secondary N) is 3. The average Bonchev–Trinajstić information content (AvgIpc) is 2.91. The van der Waals surface area contributed by atoms with Gasteiger partial charge >= 0.3 is 12.4 Å². The molecule has 3 aromatic rings. The monoisotopic (exact) mass is 565 g/mol. The maximum atomic E-state index is 13.4. The number of halogens is 6. The summed E-state index contributed by atoms with van der Waals surface area (Å²) in [5, 5.41) is 9.41. The predicted octanol–water partition coefficient (Wildman–Crippen LogP) is 8.42. The minimum atomic E-state index is -4.96. The summed E-state index contributed by atoms with van der Waals surface area (Å²) in [4.78, 5) is 0. The molecular formula is C29H29F6N3S. The minimum Gasteiger partial charge on any atom is -0.354 e. The van der Waals surface area contributed by atoms with Gasteiger partial charge in [0.15, 0.2) is 5.11 Å². The Labute approximate surface area is 229 Å². The van der Waals surface area contributed by atoms with Crippen molar-refractivity contribution in [3.8, 4) is 0 Å². The van der Waals surface area contributed by atoms with Gasteiger partial charge < -0.3 is 16.0 Å². The standard InChI is InChI=1S/C29H29F6N3S/c30-28(31,32)21-16-22(29(33,34)35)18-24(17-21)37-27(39)38-26(20-12-6-2-7-13-20)25(19-10-4-1-5-11-19)36-23-14-8-3-9-15-23/h1-2,4-7,10-13,16-18,23,25-26,36H,3,8-9,14-15H2,(H2,37,38,39)/t25-,26-/m1/s1. The molecule has 1 fully saturated rings. The summed E-state index contributed by atoms with van der Waals surface area (Å²) in [7, 11) is 0. The minimum absolute atomic E-state index is 0.0912. The largest absolute Gasteiger partial charge is 0.416 e. The lowest BCUT2D eigenvalue weighted by atomic mass is 9.89. The lowest BCUT2D eigenvalue weighted by Gasteiger charge is -2.35. The molecule has 0 aliphatic heterocycles. The van der Waals surface area contributed by atoms with Crippen LogP contribution in [-0.4, -0.2) is 11.2 Å². The van der Waals surface area contributed by atoms with E-state index in [2.05, 4.69) is 16.0 Å². The third-order valence-electron chi connectivity index (χ3n) is 6.80. The number of hydrogen-bond donors (Lipinski definition) is 3. The molecular weight excluding hydrogens is 536 g/mol. The first-order chi connectivity index (χ1) is 18.5. The number of benzene rings is 3. The molecule has 1 aliphatic carbocycles. The van der Waals surface area contributed by atoms with E-state index in [0.29, 0.717) is 12.1 Å². The summed E-state index contributed by atoms with van der Waals surface area (Å²) < 4.78 is 80.2. The zero-order valence-corrected chi connectivity index (χ0v) is 21.8. The van der Waals surface area contributed by atoms with Crippen LogP contribution in [0, 0.1) is 0 Å². The molecule has 39 heavy (non-hydrogen) atoms. The van der Waals surface area contributed by atoms with Crippen LogP contribution in [0.2, 0.25) is 0 Å². The SMILES string of the molecule is FC(F)(F)c1cc(NC(=S)N[C@H](c2ccccc2)[C@H](NC2CCCCC2)c2ccccc2)cc(C(F)(F)F)c1. The third kappa shape index (κ3) is 7.95. The molecule has 208 valence electrons. The molecule has 3 aromatic carbocycles. The van der Waals surface area contributed by atoms with Crippen LogP contribution >= 0.6 is 12.2 Å². The van der Waals surface area contributed by atoms with Crippen molar-refractivity contribution >= 4 is 23.0 Å². The van der Waals surface area contributed by atoms with E-state index < -0.39 is 35.2 Å². The summed E-state index contributed by atoms with van der Waals surface area (Å²) in [5.74, 6) is 0. The van der Waals surface area contributed by atoms with Crippen molar-refractivity contribution in [1.29, 1.82) is 0 Å².